The molecule has 1 unspecified atom stereocenters. The van der Waals surface area contributed by atoms with E-state index in [2.05, 4.69) is 10.4 Å². The second-order valence-electron chi connectivity index (χ2n) is 8.47. The number of alkyl carbamates (subject to hydrolysis) is 1. The number of ether oxygens (including phenoxy) is 3. The molecule has 0 spiro atoms. The maximum absolute atomic E-state index is 14.7. The van der Waals surface area contributed by atoms with Crippen LogP contribution in [0.5, 0.6) is 11.5 Å². The minimum atomic E-state index is -0.525. The normalized spacial score (nSPS) is 22.5. The fraction of sp³-hybridized carbons (Fsp3) is 0.417. The van der Waals surface area contributed by atoms with Gasteiger partial charge in [0, 0.05) is 38.1 Å². The number of phenolic OH excluding ortho intramolecular Hbond substituents is 1. The van der Waals surface area contributed by atoms with Crippen LogP contribution in [0, 0.1) is 5.82 Å². The third-order valence-electron chi connectivity index (χ3n) is 6.19. The number of fused-ring (bicyclic) bond motifs is 1. The van der Waals surface area contributed by atoms with Gasteiger partial charge >= 0.3 is 6.09 Å². The van der Waals surface area contributed by atoms with Gasteiger partial charge in [-0.25, -0.2) is 13.9 Å². The molecule has 0 bridgehead atoms. The first-order valence-corrected chi connectivity index (χ1v) is 11.2. The molecule has 1 aromatic heterocycles. The van der Waals surface area contributed by atoms with Crippen LogP contribution in [0.1, 0.15) is 38.3 Å². The molecule has 2 aromatic carbocycles. The number of rotatable bonds is 5. The number of nitrogens with zero attached hydrogens (tertiary/aromatic N) is 2. The Balaban J connectivity index is 1.49. The number of phenols is 1. The zero-order valence-electron chi connectivity index (χ0n) is 18.3. The number of aromatic hydroxyl groups is 1. The number of amides is 1. The highest BCUT2D eigenvalue weighted by molar-refractivity contribution is 5.90. The number of nitrogens with one attached hydrogen (secondary N) is 1. The highest BCUT2D eigenvalue weighted by Gasteiger charge is 2.34. The average Bonchev–Trinajstić information content (AvgIpc) is 3.22. The zero-order chi connectivity index (χ0) is 22.9. The van der Waals surface area contributed by atoms with Crippen molar-refractivity contribution in [2.45, 2.75) is 50.5 Å². The van der Waals surface area contributed by atoms with Crippen molar-refractivity contribution in [1.29, 1.82) is 0 Å². The largest absolute Gasteiger partial charge is 0.508 e. The number of benzene rings is 2. The molecule has 1 aliphatic heterocycles. The molecule has 2 heterocycles. The lowest BCUT2D eigenvalue weighted by Gasteiger charge is -2.34. The lowest BCUT2D eigenvalue weighted by atomic mass is 9.92. The van der Waals surface area contributed by atoms with Crippen molar-refractivity contribution in [3.63, 3.8) is 0 Å². The Bertz CT molecular complexity index is 1170. The Morgan fingerprint density at radius 1 is 1.24 bits per heavy atom. The highest BCUT2D eigenvalue weighted by Crippen LogP contribution is 2.39. The average molecular weight is 455 g/mol. The first-order chi connectivity index (χ1) is 16.0. The Morgan fingerprint density at radius 3 is 2.82 bits per heavy atom. The Morgan fingerprint density at radius 2 is 2.09 bits per heavy atom. The molecule has 1 amide bonds. The number of hydrogen-bond acceptors (Lipinski definition) is 6. The number of carbonyl (C=O) groups is 1. The molecular formula is C24H26FN3O5. The van der Waals surface area contributed by atoms with E-state index in [4.69, 9.17) is 14.2 Å². The van der Waals surface area contributed by atoms with Gasteiger partial charge in [-0.3, -0.25) is 0 Å². The fourth-order valence-electron chi connectivity index (χ4n) is 4.35. The van der Waals surface area contributed by atoms with Gasteiger partial charge in [0.2, 0.25) is 0 Å². The SMILES string of the molecule is CNC(=O)OC1CC(Oc2cc(-c3ccc(O)cc3F)cc3c2cnn3C2CCCCO2)C1. The standard InChI is InChI=1S/C24H26FN3O5/c1-26-24(30)33-17-11-16(12-17)32-22-9-14(18-6-5-15(29)10-20(18)25)8-21-19(22)13-27-28(21)23-4-2-3-7-31-23/h5-6,8-10,13,16-17,23,29H,2-4,7,11-12H2,1H3,(H,26,30). The van der Waals surface area contributed by atoms with Crippen molar-refractivity contribution < 1.29 is 28.5 Å². The van der Waals surface area contributed by atoms with Gasteiger partial charge in [0.1, 0.15) is 29.5 Å². The van der Waals surface area contributed by atoms with Gasteiger partial charge in [-0.2, -0.15) is 5.10 Å². The van der Waals surface area contributed by atoms with Crippen molar-refractivity contribution >= 4 is 17.0 Å². The third kappa shape index (κ3) is 4.32. The summed E-state index contributed by atoms with van der Waals surface area (Å²) in [5.41, 5.74) is 1.76. The van der Waals surface area contributed by atoms with Crippen LogP contribution in [-0.4, -0.2) is 46.8 Å². The summed E-state index contributed by atoms with van der Waals surface area (Å²) in [5, 5.41) is 17.4. The molecule has 1 atom stereocenters. The smallest absolute Gasteiger partial charge is 0.407 e. The monoisotopic (exact) mass is 455 g/mol. The Labute approximate surface area is 190 Å². The summed E-state index contributed by atoms with van der Waals surface area (Å²) in [6, 6.07) is 7.76. The highest BCUT2D eigenvalue weighted by atomic mass is 19.1. The van der Waals surface area contributed by atoms with E-state index < -0.39 is 11.9 Å². The maximum Gasteiger partial charge on any atom is 0.407 e. The zero-order valence-corrected chi connectivity index (χ0v) is 18.3. The van der Waals surface area contributed by atoms with E-state index in [1.807, 2.05) is 10.7 Å². The first kappa shape index (κ1) is 21.5. The minimum absolute atomic E-state index is 0.128. The lowest BCUT2D eigenvalue weighted by Crippen LogP contribution is -2.42. The van der Waals surface area contributed by atoms with Crippen LogP contribution in [0.2, 0.25) is 0 Å². The summed E-state index contributed by atoms with van der Waals surface area (Å²) in [6.07, 6.45) is 4.86. The molecule has 3 aromatic rings. The molecule has 0 radical (unpaired) electrons. The summed E-state index contributed by atoms with van der Waals surface area (Å²) >= 11 is 0. The van der Waals surface area contributed by atoms with Gasteiger partial charge in [-0.15, -0.1) is 0 Å². The van der Waals surface area contributed by atoms with Gasteiger partial charge < -0.3 is 24.6 Å². The van der Waals surface area contributed by atoms with Crippen molar-refractivity contribution in [2.75, 3.05) is 13.7 Å². The molecule has 2 aliphatic rings. The van der Waals surface area contributed by atoms with E-state index in [0.29, 0.717) is 36.3 Å². The molecule has 2 N–H and O–H groups in total. The van der Waals surface area contributed by atoms with Crippen LogP contribution >= 0.6 is 0 Å². The summed E-state index contributed by atoms with van der Waals surface area (Å²) < 4.78 is 34.0. The molecule has 33 heavy (non-hydrogen) atoms. The van der Waals surface area contributed by atoms with E-state index in [1.54, 1.807) is 18.3 Å². The molecule has 174 valence electrons. The number of carbonyl (C=O) groups excluding carboxylic acids is 1. The van der Waals surface area contributed by atoms with Gasteiger partial charge in [0.05, 0.1) is 17.1 Å². The first-order valence-electron chi connectivity index (χ1n) is 11.2. The Hall–Kier alpha value is -3.33. The fourth-order valence-corrected chi connectivity index (χ4v) is 4.35. The number of hydrogen-bond donors (Lipinski definition) is 2. The quantitative estimate of drug-likeness (QED) is 0.588. The minimum Gasteiger partial charge on any atom is -0.508 e. The molecular weight excluding hydrogens is 429 g/mol. The molecule has 9 heteroatoms. The van der Waals surface area contributed by atoms with Crippen LogP contribution in [-0.2, 0) is 9.47 Å². The van der Waals surface area contributed by atoms with E-state index in [1.165, 1.54) is 13.1 Å². The molecule has 1 saturated carbocycles. The van der Waals surface area contributed by atoms with Crippen LogP contribution < -0.4 is 10.1 Å². The van der Waals surface area contributed by atoms with Crippen LogP contribution in [0.15, 0.2) is 36.5 Å². The predicted octanol–water partition coefficient (Wildman–Crippen LogP) is 4.51. The van der Waals surface area contributed by atoms with Gasteiger partial charge in [0.15, 0.2) is 6.23 Å². The molecule has 1 aliphatic carbocycles. The summed E-state index contributed by atoms with van der Waals surface area (Å²) in [4.78, 5) is 11.4. The van der Waals surface area contributed by atoms with Crippen molar-refractivity contribution in [3.05, 3.63) is 42.3 Å². The van der Waals surface area contributed by atoms with E-state index in [0.717, 1.165) is 36.2 Å². The lowest BCUT2D eigenvalue weighted by molar-refractivity contribution is -0.0366. The number of halogens is 1. The van der Waals surface area contributed by atoms with Gasteiger partial charge in [-0.1, -0.05) is 0 Å². The second kappa shape index (κ2) is 8.90. The van der Waals surface area contributed by atoms with Crippen molar-refractivity contribution in [1.82, 2.24) is 15.1 Å². The van der Waals surface area contributed by atoms with E-state index >= 15 is 0 Å². The predicted molar refractivity (Wildman–Crippen MR) is 119 cm³/mol. The number of aromatic nitrogens is 2. The van der Waals surface area contributed by atoms with Gasteiger partial charge in [0.25, 0.3) is 0 Å². The van der Waals surface area contributed by atoms with Crippen LogP contribution in [0.3, 0.4) is 0 Å². The maximum atomic E-state index is 14.7. The molecule has 8 nitrogen and oxygen atoms in total. The topological polar surface area (TPSA) is 94.8 Å². The third-order valence-corrected chi connectivity index (χ3v) is 6.19. The second-order valence-corrected chi connectivity index (χ2v) is 8.47. The molecule has 2 fully saturated rings. The van der Waals surface area contributed by atoms with Gasteiger partial charge in [-0.05, 0) is 49.1 Å². The summed E-state index contributed by atoms with van der Waals surface area (Å²) in [6.45, 7) is 0.677. The van der Waals surface area contributed by atoms with E-state index in [9.17, 15) is 14.3 Å². The van der Waals surface area contributed by atoms with Crippen LogP contribution in [0.25, 0.3) is 22.0 Å². The van der Waals surface area contributed by atoms with Crippen LogP contribution in [0.4, 0.5) is 9.18 Å². The Kier molecular flexibility index (Phi) is 5.80. The summed E-state index contributed by atoms with van der Waals surface area (Å²) in [7, 11) is 1.52. The van der Waals surface area contributed by atoms with E-state index in [-0.39, 0.29) is 24.2 Å². The molecule has 1 saturated heterocycles. The molecule has 5 rings (SSSR count). The summed E-state index contributed by atoms with van der Waals surface area (Å²) in [5.74, 6) is -0.0746. The van der Waals surface area contributed by atoms with Crippen molar-refractivity contribution in [3.8, 4) is 22.6 Å². The van der Waals surface area contributed by atoms with Crippen molar-refractivity contribution in [2.24, 2.45) is 0 Å².